The van der Waals surface area contributed by atoms with Crippen LogP contribution in [0.25, 0.3) is 10.9 Å². The van der Waals surface area contributed by atoms with E-state index in [4.69, 9.17) is 5.26 Å². The summed E-state index contributed by atoms with van der Waals surface area (Å²) in [6.45, 7) is 0. The van der Waals surface area contributed by atoms with Crippen LogP contribution in [0.4, 0.5) is 5.69 Å². The maximum atomic E-state index is 8.99. The van der Waals surface area contributed by atoms with Crippen LogP contribution in [-0.4, -0.2) is 12.0 Å². The summed E-state index contributed by atoms with van der Waals surface area (Å²) in [4.78, 5) is 4.27. The van der Waals surface area contributed by atoms with E-state index in [0.717, 1.165) is 25.5 Å². The SMILES string of the molecule is CNc1c(C#N)cnc2c(Br)cc(Br)cc12. The zero-order valence-electron chi connectivity index (χ0n) is 8.38. The maximum Gasteiger partial charge on any atom is 0.103 e. The van der Waals surface area contributed by atoms with Gasteiger partial charge in [0.1, 0.15) is 6.07 Å². The van der Waals surface area contributed by atoms with Gasteiger partial charge in [0.2, 0.25) is 0 Å². The number of nitriles is 1. The molecule has 0 saturated carbocycles. The fourth-order valence-corrected chi connectivity index (χ4v) is 2.91. The van der Waals surface area contributed by atoms with Crippen molar-refractivity contribution in [3.8, 4) is 6.07 Å². The first-order valence-electron chi connectivity index (χ1n) is 4.53. The molecular formula is C11H7Br2N3. The van der Waals surface area contributed by atoms with Gasteiger partial charge in [-0.3, -0.25) is 4.98 Å². The molecule has 0 aliphatic heterocycles. The highest BCUT2D eigenvalue weighted by Gasteiger charge is 2.10. The number of hydrogen-bond acceptors (Lipinski definition) is 3. The molecule has 1 heterocycles. The Labute approximate surface area is 110 Å². The molecule has 2 rings (SSSR count). The van der Waals surface area contributed by atoms with E-state index < -0.39 is 0 Å². The van der Waals surface area contributed by atoms with E-state index in [1.54, 1.807) is 13.2 Å². The van der Waals surface area contributed by atoms with E-state index in [0.29, 0.717) is 5.56 Å². The number of anilines is 1. The molecule has 0 aliphatic rings. The van der Waals surface area contributed by atoms with Gasteiger partial charge in [-0.1, -0.05) is 15.9 Å². The number of pyridine rings is 1. The molecule has 0 unspecified atom stereocenters. The Morgan fingerprint density at radius 3 is 2.75 bits per heavy atom. The normalized spacial score (nSPS) is 10.1. The molecule has 2 aromatic rings. The molecule has 1 aromatic carbocycles. The van der Waals surface area contributed by atoms with Gasteiger partial charge in [0.15, 0.2) is 0 Å². The summed E-state index contributed by atoms with van der Waals surface area (Å²) in [6.07, 6.45) is 1.58. The Balaban J connectivity index is 2.93. The maximum absolute atomic E-state index is 8.99. The summed E-state index contributed by atoms with van der Waals surface area (Å²) >= 11 is 6.88. The first kappa shape index (κ1) is 11.4. The number of rotatable bonds is 1. The molecule has 0 bridgehead atoms. The zero-order valence-corrected chi connectivity index (χ0v) is 11.6. The lowest BCUT2D eigenvalue weighted by Crippen LogP contribution is -1.96. The van der Waals surface area contributed by atoms with Crippen LogP contribution in [0, 0.1) is 11.3 Å². The predicted molar refractivity (Wildman–Crippen MR) is 71.4 cm³/mol. The first-order valence-corrected chi connectivity index (χ1v) is 6.11. The number of aromatic nitrogens is 1. The number of nitrogens with zero attached hydrogens (tertiary/aromatic N) is 2. The van der Waals surface area contributed by atoms with E-state index in [1.165, 1.54) is 0 Å². The number of fused-ring (bicyclic) bond motifs is 1. The molecule has 1 aromatic heterocycles. The zero-order chi connectivity index (χ0) is 11.7. The van der Waals surface area contributed by atoms with Crippen molar-refractivity contribution < 1.29 is 0 Å². The highest BCUT2D eigenvalue weighted by molar-refractivity contribution is 9.11. The quantitative estimate of drug-likeness (QED) is 0.861. The molecule has 0 fully saturated rings. The fourth-order valence-electron chi connectivity index (χ4n) is 1.58. The van der Waals surface area contributed by atoms with Gasteiger partial charge in [-0.15, -0.1) is 0 Å². The third-order valence-corrected chi connectivity index (χ3v) is 3.32. The largest absolute Gasteiger partial charge is 0.386 e. The van der Waals surface area contributed by atoms with Crippen molar-refractivity contribution in [1.29, 1.82) is 5.26 Å². The summed E-state index contributed by atoms with van der Waals surface area (Å²) in [7, 11) is 1.80. The fraction of sp³-hybridized carbons (Fsp3) is 0.0909. The molecule has 16 heavy (non-hydrogen) atoms. The Kier molecular flexibility index (Phi) is 3.13. The molecular weight excluding hydrogens is 334 g/mol. The average Bonchev–Trinajstić information content (AvgIpc) is 2.27. The van der Waals surface area contributed by atoms with Gasteiger partial charge in [0.25, 0.3) is 0 Å². The highest BCUT2D eigenvalue weighted by atomic mass is 79.9. The second-order valence-corrected chi connectivity index (χ2v) is 4.96. The number of benzene rings is 1. The summed E-state index contributed by atoms with van der Waals surface area (Å²) in [5.41, 5.74) is 2.18. The smallest absolute Gasteiger partial charge is 0.103 e. The van der Waals surface area contributed by atoms with Gasteiger partial charge in [0, 0.05) is 27.6 Å². The van der Waals surface area contributed by atoms with Crippen molar-refractivity contribution in [2.75, 3.05) is 12.4 Å². The van der Waals surface area contributed by atoms with Gasteiger partial charge < -0.3 is 5.32 Å². The van der Waals surface area contributed by atoms with Crippen molar-refractivity contribution in [2.24, 2.45) is 0 Å². The van der Waals surface area contributed by atoms with E-state index >= 15 is 0 Å². The third-order valence-electron chi connectivity index (χ3n) is 2.26. The van der Waals surface area contributed by atoms with Crippen molar-refractivity contribution in [1.82, 2.24) is 4.98 Å². The minimum Gasteiger partial charge on any atom is -0.386 e. The number of hydrogen-bond donors (Lipinski definition) is 1. The van der Waals surface area contributed by atoms with Crippen molar-refractivity contribution >= 4 is 48.5 Å². The van der Waals surface area contributed by atoms with Gasteiger partial charge in [-0.05, 0) is 28.1 Å². The van der Waals surface area contributed by atoms with E-state index in [1.807, 2.05) is 12.1 Å². The lowest BCUT2D eigenvalue weighted by Gasteiger charge is -2.09. The summed E-state index contributed by atoms with van der Waals surface area (Å²) in [5, 5.41) is 13.0. The van der Waals surface area contributed by atoms with E-state index in [2.05, 4.69) is 48.2 Å². The predicted octanol–water partition coefficient (Wildman–Crippen LogP) is 3.67. The van der Waals surface area contributed by atoms with Crippen LogP contribution in [0.1, 0.15) is 5.56 Å². The Bertz CT molecular complexity index is 602. The van der Waals surface area contributed by atoms with Crippen LogP contribution < -0.4 is 5.32 Å². The monoisotopic (exact) mass is 339 g/mol. The van der Waals surface area contributed by atoms with Gasteiger partial charge in [-0.25, -0.2) is 0 Å². The lowest BCUT2D eigenvalue weighted by molar-refractivity contribution is 1.35. The Morgan fingerprint density at radius 1 is 1.38 bits per heavy atom. The van der Waals surface area contributed by atoms with Crippen LogP contribution in [-0.2, 0) is 0 Å². The second kappa shape index (κ2) is 4.40. The number of halogens is 2. The third kappa shape index (κ3) is 1.79. The van der Waals surface area contributed by atoms with E-state index in [-0.39, 0.29) is 0 Å². The average molecular weight is 341 g/mol. The van der Waals surface area contributed by atoms with Gasteiger partial charge in [-0.2, -0.15) is 5.26 Å². The molecule has 0 saturated heterocycles. The van der Waals surface area contributed by atoms with Crippen LogP contribution in [0.15, 0.2) is 27.3 Å². The first-order chi connectivity index (χ1) is 7.67. The molecule has 0 aliphatic carbocycles. The molecule has 5 heteroatoms. The number of nitrogens with one attached hydrogen (secondary N) is 1. The summed E-state index contributed by atoms with van der Waals surface area (Å²) in [6, 6.07) is 6.00. The summed E-state index contributed by atoms with van der Waals surface area (Å²) < 4.78 is 1.85. The Morgan fingerprint density at radius 2 is 2.12 bits per heavy atom. The molecule has 3 nitrogen and oxygen atoms in total. The van der Waals surface area contributed by atoms with Crippen molar-refractivity contribution in [2.45, 2.75) is 0 Å². The Hall–Kier alpha value is -1.12. The van der Waals surface area contributed by atoms with Crippen LogP contribution >= 0.6 is 31.9 Å². The highest BCUT2D eigenvalue weighted by Crippen LogP contribution is 2.32. The van der Waals surface area contributed by atoms with Crippen LogP contribution in [0.2, 0.25) is 0 Å². The van der Waals surface area contributed by atoms with Crippen LogP contribution in [0.5, 0.6) is 0 Å². The van der Waals surface area contributed by atoms with Crippen LogP contribution in [0.3, 0.4) is 0 Å². The minimum atomic E-state index is 0.542. The van der Waals surface area contributed by atoms with Gasteiger partial charge >= 0.3 is 0 Å². The lowest BCUT2D eigenvalue weighted by atomic mass is 10.1. The molecule has 0 atom stereocenters. The van der Waals surface area contributed by atoms with Crippen molar-refractivity contribution in [3.63, 3.8) is 0 Å². The molecule has 0 amide bonds. The van der Waals surface area contributed by atoms with Gasteiger partial charge in [0.05, 0.1) is 16.8 Å². The molecule has 1 N–H and O–H groups in total. The standard InChI is InChI=1S/C11H7Br2N3/c1-15-10-6(4-14)5-16-11-8(10)2-7(12)3-9(11)13/h2-3,5H,1H3,(H,15,16). The molecule has 0 radical (unpaired) electrons. The topological polar surface area (TPSA) is 48.7 Å². The molecule has 0 spiro atoms. The van der Waals surface area contributed by atoms with E-state index in [9.17, 15) is 0 Å². The molecule has 80 valence electrons. The summed E-state index contributed by atoms with van der Waals surface area (Å²) in [5.74, 6) is 0. The second-order valence-electron chi connectivity index (χ2n) is 3.19. The minimum absolute atomic E-state index is 0.542. The van der Waals surface area contributed by atoms with Crippen molar-refractivity contribution in [3.05, 3.63) is 32.8 Å².